The lowest BCUT2D eigenvalue weighted by molar-refractivity contribution is 0.582. The maximum atomic E-state index is 13.4. The fraction of sp³-hybridized carbons (Fsp3) is 0. The topological polar surface area (TPSA) is 72.2 Å². The summed E-state index contributed by atoms with van der Waals surface area (Å²) in [6, 6.07) is 5.09. The zero-order valence-electron chi connectivity index (χ0n) is 9.90. The Morgan fingerprint density at radius 3 is 2.20 bits per heavy atom. The number of hydrogen-bond donors (Lipinski definition) is 2. The quantitative estimate of drug-likeness (QED) is 0.856. The summed E-state index contributed by atoms with van der Waals surface area (Å²) >= 11 is 0. The third-order valence-electron chi connectivity index (χ3n) is 2.44. The molecule has 0 radical (unpaired) electrons. The van der Waals surface area contributed by atoms with E-state index in [9.17, 15) is 21.6 Å². The molecule has 3 N–H and O–H groups in total. The van der Waals surface area contributed by atoms with Crippen molar-refractivity contribution in [3.05, 3.63) is 53.8 Å². The minimum absolute atomic E-state index is 0.193. The number of nitrogens with one attached hydrogen (secondary N) is 1. The molecular formula is C12H9F3N2O2S. The average molecular weight is 302 g/mol. The molecule has 0 aliphatic carbocycles. The van der Waals surface area contributed by atoms with Crippen LogP contribution in [0.3, 0.4) is 0 Å². The van der Waals surface area contributed by atoms with Gasteiger partial charge in [0.25, 0.3) is 10.0 Å². The highest BCUT2D eigenvalue weighted by Crippen LogP contribution is 2.24. The van der Waals surface area contributed by atoms with Gasteiger partial charge in [0.2, 0.25) is 0 Å². The van der Waals surface area contributed by atoms with Crippen LogP contribution in [0.1, 0.15) is 0 Å². The van der Waals surface area contributed by atoms with Gasteiger partial charge in [-0.05, 0) is 30.3 Å². The summed E-state index contributed by atoms with van der Waals surface area (Å²) in [6.07, 6.45) is 0. The van der Waals surface area contributed by atoms with Gasteiger partial charge in [-0.25, -0.2) is 21.6 Å². The number of benzene rings is 2. The molecule has 20 heavy (non-hydrogen) atoms. The van der Waals surface area contributed by atoms with Crippen LogP contribution in [0, 0.1) is 17.5 Å². The van der Waals surface area contributed by atoms with E-state index in [0.29, 0.717) is 12.1 Å². The zero-order chi connectivity index (χ0) is 14.9. The standard InChI is InChI=1S/C12H9F3N2O2S/c13-7-2-4-11(9(15)5-7)17-20(18,19)12-6-8(14)1-3-10(12)16/h1-6,17H,16H2. The van der Waals surface area contributed by atoms with Gasteiger partial charge >= 0.3 is 0 Å². The molecule has 0 unspecified atom stereocenters. The molecule has 0 aliphatic rings. The first kappa shape index (κ1) is 14.2. The largest absolute Gasteiger partial charge is 0.398 e. The third-order valence-corrected chi connectivity index (χ3v) is 3.86. The number of anilines is 2. The Balaban J connectivity index is 2.43. The van der Waals surface area contributed by atoms with Crippen LogP contribution in [0.15, 0.2) is 41.3 Å². The highest BCUT2D eigenvalue weighted by molar-refractivity contribution is 7.92. The van der Waals surface area contributed by atoms with E-state index in [0.717, 1.165) is 24.3 Å². The summed E-state index contributed by atoms with van der Waals surface area (Å²) in [7, 11) is -4.28. The number of hydrogen-bond acceptors (Lipinski definition) is 3. The molecule has 0 aliphatic heterocycles. The lowest BCUT2D eigenvalue weighted by Crippen LogP contribution is -2.16. The molecule has 0 saturated carbocycles. The number of sulfonamides is 1. The zero-order valence-corrected chi connectivity index (χ0v) is 10.7. The molecular weight excluding hydrogens is 293 g/mol. The van der Waals surface area contributed by atoms with Gasteiger partial charge in [0.05, 0.1) is 11.4 Å². The van der Waals surface area contributed by atoms with Crippen molar-refractivity contribution in [1.82, 2.24) is 0 Å². The highest BCUT2D eigenvalue weighted by Gasteiger charge is 2.20. The molecule has 0 atom stereocenters. The normalized spacial score (nSPS) is 11.3. The van der Waals surface area contributed by atoms with Crippen LogP contribution in [-0.4, -0.2) is 8.42 Å². The van der Waals surface area contributed by atoms with E-state index in [-0.39, 0.29) is 5.69 Å². The Kier molecular flexibility index (Phi) is 3.58. The van der Waals surface area contributed by atoms with Gasteiger partial charge in [-0.3, -0.25) is 4.72 Å². The summed E-state index contributed by atoms with van der Waals surface area (Å²) in [5.41, 5.74) is 4.80. The van der Waals surface area contributed by atoms with Crippen LogP contribution in [0.25, 0.3) is 0 Å². The molecule has 0 amide bonds. The van der Waals surface area contributed by atoms with Crippen LogP contribution >= 0.6 is 0 Å². The van der Waals surface area contributed by atoms with E-state index in [1.807, 2.05) is 4.72 Å². The molecule has 0 bridgehead atoms. The Labute approximate surface area is 113 Å². The van der Waals surface area contributed by atoms with Crippen molar-refractivity contribution in [3.8, 4) is 0 Å². The first-order chi connectivity index (χ1) is 9.29. The average Bonchev–Trinajstić information content (AvgIpc) is 2.35. The maximum absolute atomic E-state index is 13.4. The predicted octanol–water partition coefficient (Wildman–Crippen LogP) is 2.49. The van der Waals surface area contributed by atoms with Crippen molar-refractivity contribution in [2.75, 3.05) is 10.5 Å². The Morgan fingerprint density at radius 1 is 0.950 bits per heavy atom. The fourth-order valence-electron chi connectivity index (χ4n) is 1.51. The van der Waals surface area contributed by atoms with Crippen molar-refractivity contribution < 1.29 is 21.6 Å². The molecule has 2 rings (SSSR count). The molecule has 2 aromatic rings. The Bertz CT molecular complexity index is 763. The van der Waals surface area contributed by atoms with Crippen molar-refractivity contribution in [1.29, 1.82) is 0 Å². The summed E-state index contributed by atoms with van der Waals surface area (Å²) in [5.74, 6) is -2.75. The van der Waals surface area contributed by atoms with Gasteiger partial charge in [-0.15, -0.1) is 0 Å². The second-order valence-electron chi connectivity index (χ2n) is 3.91. The molecule has 0 aromatic heterocycles. The fourth-order valence-corrected chi connectivity index (χ4v) is 2.72. The van der Waals surface area contributed by atoms with E-state index in [2.05, 4.69) is 0 Å². The van der Waals surface area contributed by atoms with Gasteiger partial charge < -0.3 is 5.73 Å². The first-order valence-corrected chi connectivity index (χ1v) is 6.81. The van der Waals surface area contributed by atoms with Crippen molar-refractivity contribution >= 4 is 21.4 Å². The van der Waals surface area contributed by atoms with Gasteiger partial charge in [0.1, 0.15) is 22.3 Å². The predicted molar refractivity (Wildman–Crippen MR) is 68.0 cm³/mol. The van der Waals surface area contributed by atoms with Gasteiger partial charge in [-0.1, -0.05) is 0 Å². The monoisotopic (exact) mass is 302 g/mol. The SMILES string of the molecule is Nc1ccc(F)cc1S(=O)(=O)Nc1ccc(F)cc1F. The van der Waals surface area contributed by atoms with Crippen LogP contribution in [-0.2, 0) is 10.0 Å². The van der Waals surface area contributed by atoms with E-state index in [1.54, 1.807) is 0 Å². The molecule has 2 aromatic carbocycles. The van der Waals surface area contributed by atoms with Gasteiger partial charge in [-0.2, -0.15) is 0 Å². The molecule has 0 spiro atoms. The van der Waals surface area contributed by atoms with E-state index in [1.165, 1.54) is 0 Å². The first-order valence-electron chi connectivity index (χ1n) is 5.32. The van der Waals surface area contributed by atoms with Crippen LogP contribution < -0.4 is 10.5 Å². The Morgan fingerprint density at radius 2 is 1.55 bits per heavy atom. The minimum atomic E-state index is -4.28. The van der Waals surface area contributed by atoms with E-state index < -0.39 is 38.1 Å². The molecule has 8 heteroatoms. The number of rotatable bonds is 3. The molecule has 0 fully saturated rings. The maximum Gasteiger partial charge on any atom is 0.264 e. The second-order valence-corrected chi connectivity index (χ2v) is 5.56. The third kappa shape index (κ3) is 2.85. The summed E-state index contributed by atoms with van der Waals surface area (Å²) in [6.45, 7) is 0. The second kappa shape index (κ2) is 5.04. The van der Waals surface area contributed by atoms with Crippen molar-refractivity contribution in [2.24, 2.45) is 0 Å². The minimum Gasteiger partial charge on any atom is -0.398 e. The van der Waals surface area contributed by atoms with Crippen LogP contribution in [0.5, 0.6) is 0 Å². The summed E-state index contributed by atoms with van der Waals surface area (Å²) < 4.78 is 65.1. The van der Waals surface area contributed by atoms with Crippen molar-refractivity contribution in [2.45, 2.75) is 4.90 Å². The van der Waals surface area contributed by atoms with Crippen LogP contribution in [0.2, 0.25) is 0 Å². The van der Waals surface area contributed by atoms with Crippen molar-refractivity contribution in [3.63, 3.8) is 0 Å². The Hall–Kier alpha value is -2.22. The van der Waals surface area contributed by atoms with E-state index >= 15 is 0 Å². The number of nitrogens with two attached hydrogens (primary N) is 1. The van der Waals surface area contributed by atoms with Gasteiger partial charge in [0, 0.05) is 6.07 Å². The van der Waals surface area contributed by atoms with Gasteiger partial charge in [0.15, 0.2) is 0 Å². The van der Waals surface area contributed by atoms with Crippen LogP contribution in [0.4, 0.5) is 24.5 Å². The number of nitrogen functional groups attached to an aromatic ring is 1. The molecule has 106 valence electrons. The highest BCUT2D eigenvalue weighted by atomic mass is 32.2. The molecule has 0 saturated heterocycles. The lowest BCUT2D eigenvalue weighted by atomic mass is 10.3. The molecule has 4 nitrogen and oxygen atoms in total. The van der Waals surface area contributed by atoms with E-state index in [4.69, 9.17) is 5.73 Å². The number of halogens is 3. The lowest BCUT2D eigenvalue weighted by Gasteiger charge is -2.10. The summed E-state index contributed by atoms with van der Waals surface area (Å²) in [4.78, 5) is -0.527. The summed E-state index contributed by atoms with van der Waals surface area (Å²) in [5, 5.41) is 0. The smallest absolute Gasteiger partial charge is 0.264 e. The molecule has 0 heterocycles.